The maximum absolute atomic E-state index is 13.9. The van der Waals surface area contributed by atoms with Crippen molar-refractivity contribution in [3.8, 4) is 6.07 Å². The summed E-state index contributed by atoms with van der Waals surface area (Å²) in [5, 5.41) is 19.5. The van der Waals surface area contributed by atoms with Gasteiger partial charge in [0.1, 0.15) is 12.7 Å². The third-order valence-corrected chi connectivity index (χ3v) is 5.48. The van der Waals surface area contributed by atoms with E-state index < -0.39 is 24.9 Å². The van der Waals surface area contributed by atoms with E-state index in [4.69, 9.17) is 5.26 Å². The van der Waals surface area contributed by atoms with Crippen molar-refractivity contribution in [2.24, 2.45) is 4.99 Å². The zero-order valence-corrected chi connectivity index (χ0v) is 17.2. The van der Waals surface area contributed by atoms with Crippen molar-refractivity contribution in [3.63, 3.8) is 0 Å². The van der Waals surface area contributed by atoms with Gasteiger partial charge in [-0.2, -0.15) is 5.26 Å². The van der Waals surface area contributed by atoms with Crippen LogP contribution in [0, 0.1) is 11.3 Å². The molecular formula is C22H19F2N3O2S. The van der Waals surface area contributed by atoms with Gasteiger partial charge in [0.15, 0.2) is 11.3 Å². The summed E-state index contributed by atoms with van der Waals surface area (Å²) in [5.41, 5.74) is 2.30. The SMILES string of the molecule is CSC1=NC(c2ccc(C#N)cc2)C(C(=O)O)=C(C)N1c1cccc(C(F)CF)c1. The highest BCUT2D eigenvalue weighted by Crippen LogP contribution is 2.39. The Labute approximate surface area is 177 Å². The number of rotatable bonds is 5. The predicted octanol–water partition coefficient (Wildman–Crippen LogP) is 5.18. The third kappa shape index (κ3) is 4.07. The molecule has 8 heteroatoms. The molecule has 0 radical (unpaired) electrons. The number of anilines is 1. The zero-order chi connectivity index (χ0) is 21.8. The van der Waals surface area contributed by atoms with E-state index in [0.29, 0.717) is 27.7 Å². The summed E-state index contributed by atoms with van der Waals surface area (Å²) in [6.45, 7) is 0.530. The van der Waals surface area contributed by atoms with E-state index in [1.54, 1.807) is 48.2 Å². The lowest BCUT2D eigenvalue weighted by atomic mass is 9.95. The molecule has 3 rings (SSSR count). The fourth-order valence-corrected chi connectivity index (χ4v) is 3.98. The predicted molar refractivity (Wildman–Crippen MR) is 114 cm³/mol. The first-order chi connectivity index (χ1) is 14.4. The molecule has 0 saturated heterocycles. The minimum Gasteiger partial charge on any atom is -0.478 e. The number of benzene rings is 2. The largest absolute Gasteiger partial charge is 0.478 e. The molecule has 0 spiro atoms. The zero-order valence-electron chi connectivity index (χ0n) is 16.3. The standard InChI is InChI=1S/C22H19F2N3O2S/c1-13-19(21(28)29)20(15-8-6-14(12-25)7-9-15)26-22(30-2)27(13)17-5-3-4-16(10-17)18(24)11-23/h3-10,18,20H,11H2,1-2H3,(H,28,29). The molecule has 0 aliphatic carbocycles. The van der Waals surface area contributed by atoms with Crippen molar-refractivity contribution in [1.29, 1.82) is 5.26 Å². The quantitative estimate of drug-likeness (QED) is 0.712. The van der Waals surface area contributed by atoms with Gasteiger partial charge < -0.3 is 5.11 Å². The Balaban J connectivity index is 2.13. The lowest BCUT2D eigenvalue weighted by molar-refractivity contribution is -0.133. The Morgan fingerprint density at radius 3 is 2.60 bits per heavy atom. The second-order valence-corrected chi connectivity index (χ2v) is 7.38. The number of allylic oxidation sites excluding steroid dienone is 1. The molecule has 0 amide bonds. The third-order valence-electron chi connectivity index (χ3n) is 4.82. The van der Waals surface area contributed by atoms with Gasteiger partial charge in [-0.3, -0.25) is 4.90 Å². The molecule has 30 heavy (non-hydrogen) atoms. The number of nitriles is 1. The molecule has 0 saturated carbocycles. The van der Waals surface area contributed by atoms with Crippen LogP contribution in [0.4, 0.5) is 14.5 Å². The molecule has 0 aromatic heterocycles. The maximum atomic E-state index is 13.9. The van der Waals surface area contributed by atoms with Crippen LogP contribution < -0.4 is 4.90 Å². The van der Waals surface area contributed by atoms with Crippen LogP contribution in [0.25, 0.3) is 0 Å². The summed E-state index contributed by atoms with van der Waals surface area (Å²) in [5.74, 6) is -1.13. The van der Waals surface area contributed by atoms with Crippen molar-refractivity contribution < 1.29 is 18.7 Å². The molecule has 5 nitrogen and oxygen atoms in total. The molecule has 2 aromatic rings. The molecule has 1 aliphatic rings. The van der Waals surface area contributed by atoms with Crippen LogP contribution in [0.5, 0.6) is 0 Å². The summed E-state index contributed by atoms with van der Waals surface area (Å²) in [6, 6.07) is 14.2. The molecule has 0 fully saturated rings. The number of thioether (sulfide) groups is 1. The van der Waals surface area contributed by atoms with Gasteiger partial charge in [-0.05, 0) is 48.6 Å². The number of carbonyl (C=O) groups is 1. The van der Waals surface area contributed by atoms with Crippen molar-refractivity contribution in [3.05, 3.63) is 76.5 Å². The number of aliphatic carboxylic acids is 1. The molecule has 154 valence electrons. The minimum absolute atomic E-state index is 0.0743. The number of halogens is 2. The van der Waals surface area contributed by atoms with Crippen molar-refractivity contribution >= 4 is 28.6 Å². The first-order valence-electron chi connectivity index (χ1n) is 9.07. The number of aliphatic imine (C=N–C) groups is 1. The van der Waals surface area contributed by atoms with Crippen molar-refractivity contribution in [2.45, 2.75) is 19.1 Å². The van der Waals surface area contributed by atoms with E-state index in [2.05, 4.69) is 4.99 Å². The Morgan fingerprint density at radius 1 is 1.33 bits per heavy atom. The Morgan fingerprint density at radius 2 is 2.03 bits per heavy atom. The van der Waals surface area contributed by atoms with Gasteiger partial charge in [0.25, 0.3) is 0 Å². The van der Waals surface area contributed by atoms with Gasteiger partial charge in [0, 0.05) is 11.4 Å². The van der Waals surface area contributed by atoms with Crippen LogP contribution in [-0.4, -0.2) is 29.2 Å². The summed E-state index contributed by atoms with van der Waals surface area (Å²) < 4.78 is 26.7. The minimum atomic E-state index is -1.75. The smallest absolute Gasteiger partial charge is 0.335 e. The lowest BCUT2D eigenvalue weighted by Crippen LogP contribution is -2.34. The summed E-state index contributed by atoms with van der Waals surface area (Å²) in [6.07, 6.45) is 0.0587. The van der Waals surface area contributed by atoms with Crippen LogP contribution >= 0.6 is 11.8 Å². The fraction of sp³-hybridized carbons (Fsp3) is 0.227. The Hall–Kier alpha value is -3.18. The van der Waals surface area contributed by atoms with Crippen molar-refractivity contribution in [2.75, 3.05) is 17.8 Å². The summed E-state index contributed by atoms with van der Waals surface area (Å²) in [4.78, 5) is 18.4. The normalized spacial score (nSPS) is 17.4. The van der Waals surface area contributed by atoms with Gasteiger partial charge in [0.05, 0.1) is 17.2 Å². The molecule has 2 unspecified atom stereocenters. The van der Waals surface area contributed by atoms with Gasteiger partial charge >= 0.3 is 5.97 Å². The lowest BCUT2D eigenvalue weighted by Gasteiger charge is -2.34. The number of amidine groups is 1. The molecule has 1 N–H and O–H groups in total. The van der Waals surface area contributed by atoms with Crippen LogP contribution in [-0.2, 0) is 4.79 Å². The van der Waals surface area contributed by atoms with Crippen LogP contribution in [0.3, 0.4) is 0 Å². The summed E-state index contributed by atoms with van der Waals surface area (Å²) >= 11 is 1.32. The summed E-state index contributed by atoms with van der Waals surface area (Å²) in [7, 11) is 0. The molecule has 1 aliphatic heterocycles. The number of hydrogen-bond donors (Lipinski definition) is 1. The fourth-order valence-electron chi connectivity index (χ4n) is 3.34. The van der Waals surface area contributed by atoms with Crippen LogP contribution in [0.1, 0.15) is 35.8 Å². The molecule has 2 aromatic carbocycles. The van der Waals surface area contributed by atoms with Crippen LogP contribution in [0.2, 0.25) is 0 Å². The average Bonchev–Trinajstić information content (AvgIpc) is 2.77. The highest BCUT2D eigenvalue weighted by Gasteiger charge is 2.34. The molecule has 1 heterocycles. The monoisotopic (exact) mass is 427 g/mol. The number of carboxylic acids is 1. The van der Waals surface area contributed by atoms with E-state index in [0.717, 1.165) is 0 Å². The van der Waals surface area contributed by atoms with E-state index >= 15 is 0 Å². The van der Waals surface area contributed by atoms with E-state index in [9.17, 15) is 18.7 Å². The van der Waals surface area contributed by atoms with Crippen LogP contribution in [0.15, 0.2) is 64.8 Å². The Bertz CT molecular complexity index is 1060. The first-order valence-corrected chi connectivity index (χ1v) is 10.3. The highest BCUT2D eigenvalue weighted by atomic mass is 32.2. The Kier molecular flexibility index (Phi) is 6.53. The van der Waals surface area contributed by atoms with Gasteiger partial charge in [-0.15, -0.1) is 0 Å². The number of nitrogens with zero attached hydrogens (tertiary/aromatic N) is 3. The molecule has 2 atom stereocenters. The second-order valence-electron chi connectivity index (χ2n) is 6.61. The van der Waals surface area contributed by atoms with Gasteiger partial charge in [0.2, 0.25) is 0 Å². The van der Waals surface area contributed by atoms with Crippen molar-refractivity contribution in [1.82, 2.24) is 0 Å². The second kappa shape index (κ2) is 9.09. The topological polar surface area (TPSA) is 76.7 Å². The molecular weight excluding hydrogens is 408 g/mol. The van der Waals surface area contributed by atoms with Gasteiger partial charge in [-0.25, -0.2) is 18.6 Å². The number of carboxylic acid groups (broad SMARTS) is 1. The van der Waals surface area contributed by atoms with E-state index in [-0.39, 0.29) is 11.1 Å². The molecule has 0 bridgehead atoms. The average molecular weight is 427 g/mol. The van der Waals surface area contributed by atoms with E-state index in [1.807, 2.05) is 12.3 Å². The van der Waals surface area contributed by atoms with Gasteiger partial charge in [-0.1, -0.05) is 36.0 Å². The first kappa shape index (κ1) is 21.5. The maximum Gasteiger partial charge on any atom is 0.335 e. The highest BCUT2D eigenvalue weighted by molar-refractivity contribution is 8.13. The number of hydrogen-bond acceptors (Lipinski definition) is 5. The van der Waals surface area contributed by atoms with E-state index in [1.165, 1.54) is 23.9 Å². The number of alkyl halides is 2.